The van der Waals surface area contributed by atoms with Gasteiger partial charge in [0.25, 0.3) is 5.91 Å². The Hall–Kier alpha value is -2.24. The number of nitrogens with one attached hydrogen (secondary N) is 1. The highest BCUT2D eigenvalue weighted by Gasteiger charge is 2.23. The average molecular weight is 396 g/mol. The van der Waals surface area contributed by atoms with E-state index in [0.29, 0.717) is 21.5 Å². The Labute approximate surface area is 162 Å². The van der Waals surface area contributed by atoms with Crippen molar-refractivity contribution in [1.82, 2.24) is 0 Å². The van der Waals surface area contributed by atoms with Crippen LogP contribution in [0.25, 0.3) is 0 Å². The van der Waals surface area contributed by atoms with Crippen molar-refractivity contribution in [3.8, 4) is 5.75 Å². The zero-order chi connectivity index (χ0) is 19.3. The number of carbonyl (C=O) groups is 2. The molecule has 0 saturated carbocycles. The molecule has 2 rings (SSSR count). The molecule has 0 aliphatic rings. The van der Waals surface area contributed by atoms with Crippen LogP contribution in [0.15, 0.2) is 42.5 Å². The van der Waals surface area contributed by atoms with E-state index >= 15 is 0 Å². The zero-order valence-corrected chi connectivity index (χ0v) is 16.1. The maximum atomic E-state index is 12.2. The number of hydrogen-bond acceptors (Lipinski definition) is 4. The molecular formula is C19H19Cl2NO4. The largest absolute Gasteiger partial charge is 0.479 e. The number of ether oxygens (including phenoxy) is 2. The van der Waals surface area contributed by atoms with Gasteiger partial charge in [-0.15, -0.1) is 0 Å². The number of carbonyl (C=O) groups excluding carboxylic acids is 2. The van der Waals surface area contributed by atoms with Gasteiger partial charge in [0.05, 0.1) is 0 Å². The smallest absolute Gasteiger partial charge is 0.347 e. The summed E-state index contributed by atoms with van der Waals surface area (Å²) < 4.78 is 10.6. The number of hydrogen-bond donors (Lipinski definition) is 1. The van der Waals surface area contributed by atoms with Crippen LogP contribution in [-0.4, -0.2) is 24.1 Å². The Bertz CT molecular complexity index is 793. The summed E-state index contributed by atoms with van der Waals surface area (Å²) in [5, 5.41) is 3.76. The maximum Gasteiger partial charge on any atom is 0.347 e. The Balaban J connectivity index is 1.89. The molecular weight excluding hydrogens is 377 g/mol. The molecule has 1 N–H and O–H groups in total. The number of anilines is 1. The second kappa shape index (κ2) is 8.92. The number of benzene rings is 2. The van der Waals surface area contributed by atoms with E-state index in [4.69, 9.17) is 32.7 Å². The molecule has 0 unspecified atom stereocenters. The SMILES string of the molecule is Cc1ccc(NC(=O)[C@@H](C)OC(=O)[C@@H](C)Oc2ccc(Cl)cc2)cc1Cl. The molecule has 0 aliphatic heterocycles. The first-order chi connectivity index (χ1) is 12.3. The molecule has 1 amide bonds. The van der Waals surface area contributed by atoms with Gasteiger partial charge < -0.3 is 14.8 Å². The van der Waals surface area contributed by atoms with E-state index in [1.807, 2.05) is 6.92 Å². The van der Waals surface area contributed by atoms with E-state index in [-0.39, 0.29) is 0 Å². The summed E-state index contributed by atoms with van der Waals surface area (Å²) in [5.41, 5.74) is 1.43. The molecule has 0 radical (unpaired) electrons. The van der Waals surface area contributed by atoms with Crippen LogP contribution < -0.4 is 10.1 Å². The highest BCUT2D eigenvalue weighted by atomic mass is 35.5. The highest BCUT2D eigenvalue weighted by Crippen LogP contribution is 2.20. The minimum absolute atomic E-state index is 0.461. The maximum absolute atomic E-state index is 12.2. The topological polar surface area (TPSA) is 64.6 Å². The Morgan fingerprint density at radius 1 is 1.00 bits per heavy atom. The first kappa shape index (κ1) is 20.1. The summed E-state index contributed by atoms with van der Waals surface area (Å²) in [6.07, 6.45) is -1.86. The van der Waals surface area contributed by atoms with Gasteiger partial charge >= 0.3 is 5.97 Å². The van der Waals surface area contributed by atoms with Gasteiger partial charge in [0, 0.05) is 15.7 Å². The monoisotopic (exact) mass is 395 g/mol. The summed E-state index contributed by atoms with van der Waals surface area (Å²) in [7, 11) is 0. The lowest BCUT2D eigenvalue weighted by Gasteiger charge is -2.18. The standard InChI is InChI=1S/C19H19Cl2NO4/c1-11-4-7-15(10-17(11)21)22-18(23)12(2)26-19(24)13(3)25-16-8-5-14(20)6-9-16/h4-10,12-13H,1-3H3,(H,22,23)/t12-,13-/m1/s1. The number of rotatable bonds is 6. The van der Waals surface area contributed by atoms with E-state index in [0.717, 1.165) is 5.56 Å². The lowest BCUT2D eigenvalue weighted by molar-refractivity contribution is -0.159. The van der Waals surface area contributed by atoms with Gasteiger partial charge in [-0.1, -0.05) is 29.3 Å². The van der Waals surface area contributed by atoms with Gasteiger partial charge in [-0.2, -0.15) is 0 Å². The Kier molecular flexibility index (Phi) is 6.89. The third-order valence-corrected chi connectivity index (χ3v) is 4.22. The number of aryl methyl sites for hydroxylation is 1. The fourth-order valence-corrected chi connectivity index (χ4v) is 2.31. The molecule has 2 atom stereocenters. The lowest BCUT2D eigenvalue weighted by atomic mass is 10.2. The molecule has 0 fully saturated rings. The molecule has 0 saturated heterocycles. The van der Waals surface area contributed by atoms with Crippen molar-refractivity contribution in [2.24, 2.45) is 0 Å². The van der Waals surface area contributed by atoms with Crippen LogP contribution >= 0.6 is 23.2 Å². The predicted molar refractivity (Wildman–Crippen MR) is 102 cm³/mol. The fraction of sp³-hybridized carbons (Fsp3) is 0.263. The van der Waals surface area contributed by atoms with Gasteiger partial charge in [0.15, 0.2) is 12.2 Å². The lowest BCUT2D eigenvalue weighted by Crippen LogP contribution is -2.35. The highest BCUT2D eigenvalue weighted by molar-refractivity contribution is 6.31. The van der Waals surface area contributed by atoms with Crippen molar-refractivity contribution < 1.29 is 19.1 Å². The third kappa shape index (κ3) is 5.64. The van der Waals surface area contributed by atoms with Crippen LogP contribution in [-0.2, 0) is 14.3 Å². The van der Waals surface area contributed by atoms with Crippen molar-refractivity contribution in [3.05, 3.63) is 58.1 Å². The number of amides is 1. The summed E-state index contributed by atoms with van der Waals surface area (Å²) >= 11 is 11.8. The Morgan fingerprint density at radius 2 is 1.65 bits per heavy atom. The van der Waals surface area contributed by atoms with Gasteiger partial charge in [-0.3, -0.25) is 4.79 Å². The number of halogens is 2. The van der Waals surface area contributed by atoms with Crippen molar-refractivity contribution in [1.29, 1.82) is 0 Å². The second-order valence-electron chi connectivity index (χ2n) is 5.75. The first-order valence-corrected chi connectivity index (χ1v) is 8.71. The summed E-state index contributed by atoms with van der Waals surface area (Å²) in [6, 6.07) is 11.7. The van der Waals surface area contributed by atoms with Crippen molar-refractivity contribution in [2.75, 3.05) is 5.32 Å². The van der Waals surface area contributed by atoms with Gasteiger partial charge in [-0.25, -0.2) is 4.79 Å². The molecule has 2 aromatic rings. The van der Waals surface area contributed by atoms with E-state index in [1.54, 1.807) is 49.4 Å². The molecule has 5 nitrogen and oxygen atoms in total. The molecule has 0 bridgehead atoms. The minimum Gasteiger partial charge on any atom is -0.479 e. The molecule has 2 aromatic carbocycles. The normalized spacial score (nSPS) is 12.8. The van der Waals surface area contributed by atoms with E-state index in [2.05, 4.69) is 5.32 Å². The van der Waals surface area contributed by atoms with Crippen LogP contribution in [0.3, 0.4) is 0 Å². The van der Waals surface area contributed by atoms with E-state index in [1.165, 1.54) is 6.92 Å². The fourth-order valence-electron chi connectivity index (χ4n) is 2.00. The molecule has 7 heteroatoms. The Morgan fingerprint density at radius 3 is 2.27 bits per heavy atom. The molecule has 0 aromatic heterocycles. The van der Waals surface area contributed by atoms with Gasteiger partial charge in [0.2, 0.25) is 0 Å². The van der Waals surface area contributed by atoms with Crippen molar-refractivity contribution in [3.63, 3.8) is 0 Å². The van der Waals surface area contributed by atoms with Crippen LogP contribution in [0.1, 0.15) is 19.4 Å². The molecule has 26 heavy (non-hydrogen) atoms. The average Bonchev–Trinajstić information content (AvgIpc) is 2.60. The number of esters is 1. The summed E-state index contributed by atoms with van der Waals surface area (Å²) in [5.74, 6) is -0.633. The van der Waals surface area contributed by atoms with Crippen molar-refractivity contribution >= 4 is 40.8 Å². The van der Waals surface area contributed by atoms with Crippen LogP contribution in [0.5, 0.6) is 5.75 Å². The summed E-state index contributed by atoms with van der Waals surface area (Å²) in [4.78, 5) is 24.3. The molecule has 138 valence electrons. The minimum atomic E-state index is -0.987. The molecule has 0 spiro atoms. The van der Waals surface area contributed by atoms with Crippen LogP contribution in [0.4, 0.5) is 5.69 Å². The molecule has 0 heterocycles. The van der Waals surface area contributed by atoms with E-state index in [9.17, 15) is 9.59 Å². The predicted octanol–water partition coefficient (Wildman–Crippen LogP) is 4.64. The third-order valence-electron chi connectivity index (χ3n) is 3.56. The van der Waals surface area contributed by atoms with Crippen molar-refractivity contribution in [2.45, 2.75) is 33.0 Å². The van der Waals surface area contributed by atoms with Crippen LogP contribution in [0, 0.1) is 6.92 Å². The quantitative estimate of drug-likeness (QED) is 0.723. The van der Waals surface area contributed by atoms with Gasteiger partial charge in [0.1, 0.15) is 5.75 Å². The van der Waals surface area contributed by atoms with Crippen LogP contribution in [0.2, 0.25) is 10.0 Å². The second-order valence-corrected chi connectivity index (χ2v) is 6.59. The first-order valence-electron chi connectivity index (χ1n) is 7.96. The zero-order valence-electron chi connectivity index (χ0n) is 14.6. The van der Waals surface area contributed by atoms with E-state index < -0.39 is 24.1 Å². The molecule has 0 aliphatic carbocycles. The summed E-state index contributed by atoms with van der Waals surface area (Å²) in [6.45, 7) is 4.89. The van der Waals surface area contributed by atoms with Gasteiger partial charge in [-0.05, 0) is 62.7 Å².